The van der Waals surface area contributed by atoms with E-state index in [1.165, 1.54) is 11.3 Å². The largest absolute Gasteiger partial charge is 0.497 e. The van der Waals surface area contributed by atoms with Gasteiger partial charge in [0.1, 0.15) is 17.6 Å². The summed E-state index contributed by atoms with van der Waals surface area (Å²) < 4.78 is 8.45. The van der Waals surface area contributed by atoms with Crippen molar-refractivity contribution < 1.29 is 19.6 Å². The van der Waals surface area contributed by atoms with Gasteiger partial charge in [0.2, 0.25) is 5.91 Å². The third-order valence-electron chi connectivity index (χ3n) is 7.32. The van der Waals surface area contributed by atoms with Crippen molar-refractivity contribution in [2.75, 3.05) is 13.7 Å². The van der Waals surface area contributed by atoms with Crippen LogP contribution in [0.3, 0.4) is 0 Å². The third-order valence-corrected chi connectivity index (χ3v) is 8.57. The van der Waals surface area contributed by atoms with Crippen LogP contribution >= 0.6 is 22.9 Å². The Bertz CT molecular complexity index is 1820. The second-order valence-corrected chi connectivity index (χ2v) is 11.4. The highest BCUT2D eigenvalue weighted by Crippen LogP contribution is 2.34. The van der Waals surface area contributed by atoms with Gasteiger partial charge in [-0.25, -0.2) is 0 Å². The second-order valence-electron chi connectivity index (χ2n) is 10.0. The summed E-state index contributed by atoms with van der Waals surface area (Å²) in [7, 11) is 0.117. The molecule has 0 bridgehead atoms. The standard InChI is InChI=1S/C30H27BClN5O4S/c1-17-35-36-30-25(15-28(38)33-12-11-19-16-42-27-13-20(31(39)40)5-9-23(19)27)34-29(18-3-6-21(32)7-4-18)24-14-22(41-2)8-10-26(24)37(17)30/h3-10,13-14,16,25,39-40H,11-12,15H2,1-2H3,(H,33,38)/t25-/m0/s1. The summed E-state index contributed by atoms with van der Waals surface area (Å²) in [6.45, 7) is 2.32. The number of aromatic nitrogens is 3. The molecule has 0 radical (unpaired) electrons. The van der Waals surface area contributed by atoms with Gasteiger partial charge < -0.3 is 20.1 Å². The maximum absolute atomic E-state index is 13.3. The van der Waals surface area contributed by atoms with Gasteiger partial charge >= 0.3 is 7.12 Å². The minimum atomic E-state index is -1.50. The highest BCUT2D eigenvalue weighted by molar-refractivity contribution is 7.17. The van der Waals surface area contributed by atoms with Gasteiger partial charge in [0, 0.05) is 27.4 Å². The van der Waals surface area contributed by atoms with Crippen LogP contribution in [0, 0.1) is 6.92 Å². The number of halogens is 1. The number of aryl methyl sites for hydroxylation is 1. The predicted molar refractivity (Wildman–Crippen MR) is 165 cm³/mol. The van der Waals surface area contributed by atoms with E-state index in [2.05, 4.69) is 15.5 Å². The quantitative estimate of drug-likeness (QED) is 0.234. The van der Waals surface area contributed by atoms with Crippen molar-refractivity contribution in [2.45, 2.75) is 25.8 Å². The molecule has 3 N–H and O–H groups in total. The lowest BCUT2D eigenvalue weighted by Gasteiger charge is -2.14. The van der Waals surface area contributed by atoms with Crippen molar-refractivity contribution in [2.24, 2.45) is 4.99 Å². The van der Waals surface area contributed by atoms with Gasteiger partial charge in [-0.15, -0.1) is 21.5 Å². The molecule has 9 nitrogen and oxygen atoms in total. The van der Waals surface area contributed by atoms with Crippen LogP contribution in [0.15, 0.2) is 71.0 Å². The molecule has 0 aliphatic carbocycles. The topological polar surface area (TPSA) is 122 Å². The van der Waals surface area contributed by atoms with Crippen LogP contribution in [0.4, 0.5) is 0 Å². The van der Waals surface area contributed by atoms with Crippen molar-refractivity contribution in [3.63, 3.8) is 0 Å². The minimum Gasteiger partial charge on any atom is -0.497 e. The molecule has 1 amide bonds. The van der Waals surface area contributed by atoms with Gasteiger partial charge in [-0.1, -0.05) is 35.9 Å². The Kier molecular flexibility index (Phi) is 7.83. The first-order chi connectivity index (χ1) is 20.3. The molecule has 42 heavy (non-hydrogen) atoms. The normalized spacial score (nSPS) is 14.1. The second kappa shape index (κ2) is 11.7. The fourth-order valence-corrected chi connectivity index (χ4v) is 6.39. The van der Waals surface area contributed by atoms with Crippen molar-refractivity contribution >= 4 is 57.2 Å². The number of nitrogens with one attached hydrogen (secondary N) is 1. The van der Waals surface area contributed by atoms with Crippen LogP contribution in [-0.4, -0.2) is 57.2 Å². The molecule has 0 spiro atoms. The number of carbonyl (C=O) groups excluding carboxylic acids is 1. The monoisotopic (exact) mass is 599 g/mol. The number of carbonyl (C=O) groups is 1. The molecule has 6 rings (SSSR count). The lowest BCUT2D eigenvalue weighted by atomic mass is 9.80. The van der Waals surface area contributed by atoms with Crippen LogP contribution in [-0.2, 0) is 11.2 Å². The lowest BCUT2D eigenvalue weighted by molar-refractivity contribution is -0.121. The van der Waals surface area contributed by atoms with Crippen molar-refractivity contribution in [3.8, 4) is 11.4 Å². The lowest BCUT2D eigenvalue weighted by Crippen LogP contribution is -2.29. The summed E-state index contributed by atoms with van der Waals surface area (Å²) in [5.41, 5.74) is 4.80. The molecule has 1 aliphatic rings. The summed E-state index contributed by atoms with van der Waals surface area (Å²) >= 11 is 7.72. The summed E-state index contributed by atoms with van der Waals surface area (Å²) in [5.74, 6) is 1.81. The number of fused-ring (bicyclic) bond motifs is 4. The fraction of sp³-hybridized carbons (Fsp3) is 0.200. The molecule has 2 aromatic heterocycles. The number of benzene rings is 3. The van der Waals surface area contributed by atoms with Gasteiger partial charge in [0.25, 0.3) is 0 Å². The maximum Gasteiger partial charge on any atom is 0.488 e. The van der Waals surface area contributed by atoms with Gasteiger partial charge in [-0.2, -0.15) is 0 Å². The Labute approximate surface area is 251 Å². The zero-order chi connectivity index (χ0) is 29.4. The average Bonchev–Trinajstić information content (AvgIpc) is 3.54. The van der Waals surface area contributed by atoms with Crippen molar-refractivity contribution in [3.05, 3.63) is 99.4 Å². The van der Waals surface area contributed by atoms with Gasteiger partial charge in [-0.3, -0.25) is 14.4 Å². The molecule has 0 unspecified atom stereocenters. The van der Waals surface area contributed by atoms with E-state index in [1.54, 1.807) is 19.2 Å². The Hall–Kier alpha value is -4.03. The van der Waals surface area contributed by atoms with Crippen molar-refractivity contribution in [1.82, 2.24) is 20.1 Å². The Morgan fingerprint density at radius 1 is 1.12 bits per heavy atom. The zero-order valence-corrected chi connectivity index (χ0v) is 24.5. The van der Waals surface area contributed by atoms with Crippen LogP contribution in [0.25, 0.3) is 15.8 Å². The molecule has 3 heterocycles. The smallest absolute Gasteiger partial charge is 0.488 e. The SMILES string of the molecule is COc1ccc2c(c1)C(c1ccc(Cl)cc1)=N[C@@H](CC(=O)NCCc1csc3cc(B(O)O)ccc13)c1nnc(C)n1-2. The first kappa shape index (κ1) is 28.1. The van der Waals surface area contributed by atoms with E-state index in [1.807, 2.05) is 65.4 Å². The Balaban J connectivity index is 1.27. The molecular weight excluding hydrogens is 573 g/mol. The summed E-state index contributed by atoms with van der Waals surface area (Å²) in [6, 6.07) is 18.0. The summed E-state index contributed by atoms with van der Waals surface area (Å²) in [6.07, 6.45) is 0.722. The molecule has 12 heteroatoms. The number of amides is 1. The number of hydrogen-bond donors (Lipinski definition) is 3. The van der Waals surface area contributed by atoms with E-state index >= 15 is 0 Å². The van der Waals surface area contributed by atoms with Gasteiger partial charge in [0.15, 0.2) is 5.82 Å². The maximum atomic E-state index is 13.3. The van der Waals surface area contributed by atoms with E-state index < -0.39 is 13.2 Å². The fourth-order valence-electron chi connectivity index (χ4n) is 5.22. The van der Waals surface area contributed by atoms with Crippen LogP contribution in [0.1, 0.15) is 40.8 Å². The molecule has 0 fully saturated rings. The number of hydrogen-bond acceptors (Lipinski definition) is 8. The highest BCUT2D eigenvalue weighted by atomic mass is 35.5. The summed E-state index contributed by atoms with van der Waals surface area (Å²) in [5, 5.41) is 34.4. The average molecular weight is 600 g/mol. The molecule has 0 saturated carbocycles. The van der Waals surface area contributed by atoms with E-state index in [0.29, 0.717) is 46.6 Å². The molecule has 0 saturated heterocycles. The number of ether oxygens (including phenoxy) is 1. The number of thiophene rings is 1. The Morgan fingerprint density at radius 2 is 1.93 bits per heavy atom. The summed E-state index contributed by atoms with van der Waals surface area (Å²) in [4.78, 5) is 18.4. The number of aliphatic imine (C=N–C) groups is 1. The van der Waals surface area contributed by atoms with E-state index in [-0.39, 0.29) is 12.3 Å². The molecule has 1 aliphatic heterocycles. The van der Waals surface area contributed by atoms with Crippen molar-refractivity contribution in [1.29, 1.82) is 0 Å². The zero-order valence-electron chi connectivity index (χ0n) is 22.9. The molecule has 1 atom stereocenters. The predicted octanol–water partition coefficient (Wildman–Crippen LogP) is 3.77. The van der Waals surface area contributed by atoms with Crippen LogP contribution in [0.5, 0.6) is 5.75 Å². The number of rotatable bonds is 8. The first-order valence-corrected chi connectivity index (χ1v) is 14.7. The van der Waals surface area contributed by atoms with Crippen LogP contribution in [0.2, 0.25) is 5.02 Å². The van der Waals surface area contributed by atoms with E-state index in [0.717, 1.165) is 32.5 Å². The Morgan fingerprint density at radius 3 is 2.69 bits per heavy atom. The van der Waals surface area contributed by atoms with E-state index in [4.69, 9.17) is 21.3 Å². The number of methoxy groups -OCH3 is 1. The number of nitrogens with zero attached hydrogens (tertiary/aromatic N) is 4. The van der Waals surface area contributed by atoms with Gasteiger partial charge in [-0.05, 0) is 71.5 Å². The minimum absolute atomic E-state index is 0.0858. The molecular formula is C30H27BClN5O4S. The first-order valence-electron chi connectivity index (χ1n) is 13.4. The van der Waals surface area contributed by atoms with Crippen LogP contribution < -0.4 is 15.5 Å². The third kappa shape index (κ3) is 5.44. The molecule has 5 aromatic rings. The van der Waals surface area contributed by atoms with Gasteiger partial charge in [0.05, 0.1) is 24.9 Å². The van der Waals surface area contributed by atoms with E-state index in [9.17, 15) is 14.8 Å². The molecule has 212 valence electrons. The molecule has 3 aromatic carbocycles. The highest BCUT2D eigenvalue weighted by Gasteiger charge is 2.30.